The lowest BCUT2D eigenvalue weighted by molar-refractivity contribution is -0.0225. The number of carbonyl (C=O) groups excluding carboxylic acids is 1. The largest absolute Gasteiger partial charge is 0.495 e. The lowest BCUT2D eigenvalue weighted by Crippen LogP contribution is -2.44. The van der Waals surface area contributed by atoms with Crippen molar-refractivity contribution in [3.63, 3.8) is 0 Å². The van der Waals surface area contributed by atoms with Crippen LogP contribution in [-0.4, -0.2) is 42.1 Å². The Labute approximate surface area is 260 Å². The zero-order valence-electron chi connectivity index (χ0n) is 26.1. The van der Waals surface area contributed by atoms with Gasteiger partial charge in [0, 0.05) is 6.54 Å². The molecule has 7 nitrogen and oxygen atoms in total. The Morgan fingerprint density at radius 3 is 2.48 bits per heavy atom. The van der Waals surface area contributed by atoms with Crippen molar-refractivity contribution in [2.45, 2.75) is 83.5 Å². The number of esters is 1. The van der Waals surface area contributed by atoms with E-state index >= 15 is 0 Å². The number of ether oxygens (including phenoxy) is 3. The summed E-state index contributed by atoms with van der Waals surface area (Å²) in [6.07, 6.45) is 6.44. The van der Waals surface area contributed by atoms with Crippen molar-refractivity contribution in [2.75, 3.05) is 19.0 Å². The second-order valence-corrected chi connectivity index (χ2v) is 13.0. The molecule has 2 fully saturated rings. The molecular weight excluding hydrogens is 554 g/mol. The Hall–Kier alpha value is -3.55. The summed E-state index contributed by atoms with van der Waals surface area (Å²) in [5.74, 6) is 3.29. The molecule has 3 aromatic carbocycles. The van der Waals surface area contributed by atoms with Gasteiger partial charge in [0.25, 0.3) is 0 Å². The zero-order valence-corrected chi connectivity index (χ0v) is 26.1. The maximum absolute atomic E-state index is 12.7. The molecule has 2 saturated carbocycles. The maximum Gasteiger partial charge on any atom is 0.343 e. The van der Waals surface area contributed by atoms with Crippen LogP contribution in [0.4, 0.5) is 5.69 Å². The van der Waals surface area contributed by atoms with E-state index in [9.17, 15) is 15.0 Å². The maximum atomic E-state index is 12.7. The van der Waals surface area contributed by atoms with E-state index in [0.29, 0.717) is 47.8 Å². The van der Waals surface area contributed by atoms with Crippen LogP contribution in [0.25, 0.3) is 0 Å². The summed E-state index contributed by atoms with van der Waals surface area (Å²) in [5.41, 5.74) is 5.47. The molecule has 1 unspecified atom stereocenters. The summed E-state index contributed by atoms with van der Waals surface area (Å²) in [5, 5.41) is 24.1. The van der Waals surface area contributed by atoms with Crippen molar-refractivity contribution in [1.29, 1.82) is 0 Å². The van der Waals surface area contributed by atoms with Crippen molar-refractivity contribution >= 4 is 11.7 Å². The summed E-state index contributed by atoms with van der Waals surface area (Å²) in [4.78, 5) is 12.7. The second-order valence-electron chi connectivity index (χ2n) is 13.0. The van der Waals surface area contributed by atoms with E-state index in [1.54, 1.807) is 31.4 Å². The van der Waals surface area contributed by atoms with Gasteiger partial charge in [0.05, 0.1) is 30.6 Å². The fourth-order valence-corrected chi connectivity index (χ4v) is 8.01. The minimum absolute atomic E-state index is 0.0749. The van der Waals surface area contributed by atoms with Gasteiger partial charge in [-0.2, -0.15) is 0 Å². The SMILES string of the molecule is CCC(O)COc1ccc(C(=O)Oc2ccc(CNc3c(OC)ccc4c3CC[C@@H]3[C@@H]4CC[C@]4(C)[C@@H](O)CC[C@@H]34)cc2)cc1. The molecule has 0 saturated heterocycles. The Morgan fingerprint density at radius 1 is 1.00 bits per heavy atom. The van der Waals surface area contributed by atoms with Crippen molar-refractivity contribution < 1.29 is 29.2 Å². The predicted octanol–water partition coefficient (Wildman–Crippen LogP) is 6.89. The number of benzene rings is 3. The number of rotatable bonds is 10. The molecule has 44 heavy (non-hydrogen) atoms. The van der Waals surface area contributed by atoms with E-state index < -0.39 is 12.1 Å². The van der Waals surface area contributed by atoms with Crippen molar-refractivity contribution in [3.05, 3.63) is 82.9 Å². The Morgan fingerprint density at radius 2 is 1.75 bits per heavy atom. The minimum atomic E-state index is -0.512. The summed E-state index contributed by atoms with van der Waals surface area (Å²) >= 11 is 0. The first-order valence-corrected chi connectivity index (χ1v) is 16.1. The fourth-order valence-electron chi connectivity index (χ4n) is 8.01. The molecule has 6 rings (SSSR count). The van der Waals surface area contributed by atoms with Crippen LogP contribution in [0.5, 0.6) is 17.2 Å². The van der Waals surface area contributed by atoms with Gasteiger partial charge in [-0.05, 0) is 127 Å². The van der Waals surface area contributed by atoms with Crippen molar-refractivity contribution in [2.24, 2.45) is 17.3 Å². The van der Waals surface area contributed by atoms with Gasteiger partial charge in [-0.3, -0.25) is 0 Å². The topological polar surface area (TPSA) is 97.3 Å². The molecule has 0 amide bonds. The zero-order chi connectivity index (χ0) is 30.8. The van der Waals surface area contributed by atoms with Crippen LogP contribution in [0.2, 0.25) is 0 Å². The monoisotopic (exact) mass is 599 g/mol. The molecule has 0 aromatic heterocycles. The molecule has 0 bridgehead atoms. The number of aliphatic hydroxyl groups is 2. The van der Waals surface area contributed by atoms with Crippen LogP contribution < -0.4 is 19.5 Å². The molecule has 3 aliphatic rings. The second kappa shape index (κ2) is 12.8. The van der Waals surface area contributed by atoms with Gasteiger partial charge in [0.1, 0.15) is 23.9 Å². The van der Waals surface area contributed by atoms with Crippen LogP contribution in [0.1, 0.15) is 85.3 Å². The standard InChI is InChI=1S/C37H45NO6/c1-4-25(39)22-43-26-11-7-24(8-12-26)36(41)44-27-9-5-23(6-10-27)21-38-35-31-14-13-30-29(28(31)15-17-33(35)42-3)19-20-37(2)32(30)16-18-34(37)40/h5-12,15,17,25,29-30,32,34,38-40H,4,13-14,16,18-22H2,1-3H3/t25?,29-,30-,32+,34+,37+/m1/s1. The number of methoxy groups -OCH3 is 1. The lowest BCUT2D eigenvalue weighted by atomic mass is 9.55. The number of nitrogens with one attached hydrogen (secondary N) is 1. The first-order valence-electron chi connectivity index (χ1n) is 16.1. The molecule has 3 aromatic rings. The van der Waals surface area contributed by atoms with Gasteiger partial charge in [0.2, 0.25) is 0 Å². The Bertz CT molecular complexity index is 1450. The summed E-state index contributed by atoms with van der Waals surface area (Å²) in [7, 11) is 1.73. The summed E-state index contributed by atoms with van der Waals surface area (Å²) < 4.78 is 17.0. The smallest absolute Gasteiger partial charge is 0.343 e. The molecule has 3 aliphatic carbocycles. The molecule has 0 radical (unpaired) electrons. The van der Waals surface area contributed by atoms with E-state index in [1.165, 1.54) is 11.1 Å². The van der Waals surface area contributed by atoms with E-state index in [1.807, 2.05) is 31.2 Å². The van der Waals surface area contributed by atoms with Gasteiger partial charge in [-0.15, -0.1) is 0 Å². The molecule has 0 aliphatic heterocycles. The third kappa shape index (κ3) is 5.92. The van der Waals surface area contributed by atoms with Gasteiger partial charge < -0.3 is 29.7 Å². The van der Waals surface area contributed by atoms with Crippen molar-refractivity contribution in [3.8, 4) is 17.2 Å². The van der Waals surface area contributed by atoms with Crippen LogP contribution in [0.15, 0.2) is 60.7 Å². The fraction of sp³-hybridized carbons (Fsp3) is 0.486. The van der Waals surface area contributed by atoms with E-state index in [4.69, 9.17) is 14.2 Å². The Kier molecular flexibility index (Phi) is 8.88. The molecule has 234 valence electrons. The first-order chi connectivity index (χ1) is 21.3. The summed E-state index contributed by atoms with van der Waals surface area (Å²) in [6, 6.07) is 18.7. The first kappa shape index (κ1) is 30.5. The van der Waals surface area contributed by atoms with Gasteiger partial charge in [-0.1, -0.05) is 32.0 Å². The van der Waals surface area contributed by atoms with Crippen LogP contribution in [0, 0.1) is 17.3 Å². The number of aliphatic hydroxyl groups excluding tert-OH is 2. The van der Waals surface area contributed by atoms with E-state index in [0.717, 1.165) is 55.5 Å². The third-order valence-corrected chi connectivity index (χ3v) is 10.7. The number of fused-ring (bicyclic) bond motifs is 5. The minimum Gasteiger partial charge on any atom is -0.495 e. The normalized spacial score (nSPS) is 26.1. The van der Waals surface area contributed by atoms with Crippen molar-refractivity contribution in [1.82, 2.24) is 0 Å². The summed E-state index contributed by atoms with van der Waals surface area (Å²) in [6.45, 7) is 5.05. The highest BCUT2D eigenvalue weighted by Gasteiger charge is 2.54. The number of carbonyl (C=O) groups is 1. The number of anilines is 1. The van der Waals surface area contributed by atoms with Crippen LogP contribution in [-0.2, 0) is 13.0 Å². The average molecular weight is 600 g/mol. The quantitative estimate of drug-likeness (QED) is 0.172. The third-order valence-electron chi connectivity index (χ3n) is 10.7. The molecule has 0 spiro atoms. The van der Waals surface area contributed by atoms with E-state index in [-0.39, 0.29) is 18.1 Å². The Balaban J connectivity index is 1.09. The highest BCUT2D eigenvalue weighted by molar-refractivity contribution is 5.91. The average Bonchev–Trinajstić information content (AvgIpc) is 3.36. The number of hydrogen-bond acceptors (Lipinski definition) is 7. The molecule has 6 atom stereocenters. The molecule has 7 heteroatoms. The lowest BCUT2D eigenvalue weighted by Gasteiger charge is -2.50. The van der Waals surface area contributed by atoms with Gasteiger partial charge in [0.15, 0.2) is 0 Å². The molecule has 3 N–H and O–H groups in total. The van der Waals surface area contributed by atoms with Gasteiger partial charge in [-0.25, -0.2) is 4.79 Å². The number of hydrogen-bond donors (Lipinski definition) is 3. The van der Waals surface area contributed by atoms with Crippen LogP contribution in [0.3, 0.4) is 0 Å². The molecular formula is C37H45NO6. The predicted molar refractivity (Wildman–Crippen MR) is 171 cm³/mol. The highest BCUT2D eigenvalue weighted by Crippen LogP contribution is 2.61. The molecule has 0 heterocycles. The van der Waals surface area contributed by atoms with Crippen LogP contribution >= 0.6 is 0 Å². The van der Waals surface area contributed by atoms with E-state index in [2.05, 4.69) is 24.4 Å². The van der Waals surface area contributed by atoms with Gasteiger partial charge >= 0.3 is 5.97 Å². The highest BCUT2D eigenvalue weighted by atomic mass is 16.5.